The van der Waals surface area contributed by atoms with Crippen LogP contribution in [-0.2, 0) is 14.3 Å². The van der Waals surface area contributed by atoms with Crippen molar-refractivity contribution in [2.24, 2.45) is 5.92 Å². The van der Waals surface area contributed by atoms with Gasteiger partial charge >= 0.3 is 12.1 Å². The lowest BCUT2D eigenvalue weighted by Crippen LogP contribution is -2.31. The van der Waals surface area contributed by atoms with Crippen molar-refractivity contribution in [3.8, 4) is 0 Å². The van der Waals surface area contributed by atoms with E-state index in [4.69, 9.17) is 9.47 Å². The van der Waals surface area contributed by atoms with Crippen LogP contribution in [0.1, 0.15) is 51.9 Å². The van der Waals surface area contributed by atoms with Gasteiger partial charge in [-0.2, -0.15) is 0 Å². The number of alkyl carbamates (subject to hydrolysis) is 1. The van der Waals surface area contributed by atoms with Crippen LogP contribution < -0.4 is 5.32 Å². The minimum Gasteiger partial charge on any atom is -0.428 e. The van der Waals surface area contributed by atoms with Crippen LogP contribution in [0.3, 0.4) is 0 Å². The molecule has 0 aromatic heterocycles. The Morgan fingerprint density at radius 1 is 1.17 bits per heavy atom. The molecule has 0 saturated heterocycles. The summed E-state index contributed by atoms with van der Waals surface area (Å²) in [5, 5.41) is 2.71. The Morgan fingerprint density at radius 2 is 1.89 bits per heavy atom. The Hall–Kier alpha value is -1.26. The number of carbonyl (C=O) groups excluding carboxylic acids is 2. The highest BCUT2D eigenvalue weighted by molar-refractivity contribution is 5.70. The Labute approximate surface area is 108 Å². The molecule has 1 aliphatic carbocycles. The molecule has 0 bridgehead atoms. The maximum Gasteiger partial charge on any atom is 0.410 e. The molecule has 5 nitrogen and oxygen atoms in total. The summed E-state index contributed by atoms with van der Waals surface area (Å²) in [5.41, 5.74) is 0. The van der Waals surface area contributed by atoms with Crippen LogP contribution in [0.2, 0.25) is 0 Å². The molecule has 0 radical (unpaired) electrons. The largest absolute Gasteiger partial charge is 0.428 e. The second-order valence-electron chi connectivity index (χ2n) is 4.70. The topological polar surface area (TPSA) is 64.6 Å². The molecule has 1 N–H and O–H groups in total. The van der Waals surface area contributed by atoms with Gasteiger partial charge in [0.2, 0.25) is 6.79 Å². The van der Waals surface area contributed by atoms with E-state index in [1.54, 1.807) is 0 Å². The van der Waals surface area contributed by atoms with Crippen molar-refractivity contribution in [2.45, 2.75) is 51.9 Å². The van der Waals surface area contributed by atoms with Gasteiger partial charge in [-0.1, -0.05) is 26.2 Å². The van der Waals surface area contributed by atoms with Crippen LogP contribution in [0.25, 0.3) is 0 Å². The zero-order chi connectivity index (χ0) is 13.2. The first-order chi connectivity index (χ1) is 8.72. The van der Waals surface area contributed by atoms with Gasteiger partial charge in [0, 0.05) is 13.0 Å². The molecule has 0 unspecified atom stereocenters. The van der Waals surface area contributed by atoms with Gasteiger partial charge < -0.3 is 14.8 Å². The molecule has 0 spiro atoms. The van der Waals surface area contributed by atoms with Crippen molar-refractivity contribution in [3.05, 3.63) is 0 Å². The fourth-order valence-electron chi connectivity index (χ4n) is 2.09. The van der Waals surface area contributed by atoms with E-state index in [1.807, 2.05) is 6.92 Å². The van der Waals surface area contributed by atoms with Crippen LogP contribution >= 0.6 is 0 Å². The third-order valence-electron chi connectivity index (χ3n) is 3.12. The zero-order valence-electron chi connectivity index (χ0n) is 11.1. The first-order valence-electron chi connectivity index (χ1n) is 6.78. The minimum absolute atomic E-state index is 0.296. The minimum atomic E-state index is -0.509. The molecular weight excluding hydrogens is 234 g/mol. The first-order valence-corrected chi connectivity index (χ1v) is 6.78. The number of ether oxygens (including phenoxy) is 2. The molecule has 0 aromatic rings. The molecule has 5 heteroatoms. The zero-order valence-corrected chi connectivity index (χ0v) is 11.1. The van der Waals surface area contributed by atoms with Crippen molar-refractivity contribution in [2.75, 3.05) is 13.3 Å². The van der Waals surface area contributed by atoms with Crippen LogP contribution in [0.15, 0.2) is 0 Å². The highest BCUT2D eigenvalue weighted by atomic mass is 16.7. The predicted molar refractivity (Wildman–Crippen MR) is 66.9 cm³/mol. The number of hydrogen-bond donors (Lipinski definition) is 1. The molecule has 1 saturated carbocycles. The van der Waals surface area contributed by atoms with E-state index < -0.39 is 6.09 Å². The Bertz CT molecular complexity index is 262. The number of carbonyl (C=O) groups is 2. The predicted octanol–water partition coefficient (Wildman–Crippen LogP) is 2.59. The van der Waals surface area contributed by atoms with Gasteiger partial charge in [-0.25, -0.2) is 4.79 Å². The van der Waals surface area contributed by atoms with Gasteiger partial charge in [-0.05, 0) is 25.2 Å². The van der Waals surface area contributed by atoms with Crippen LogP contribution in [0, 0.1) is 5.92 Å². The second-order valence-corrected chi connectivity index (χ2v) is 4.70. The number of nitrogens with one attached hydrogen (secondary N) is 1. The van der Waals surface area contributed by atoms with Gasteiger partial charge in [0.1, 0.15) is 0 Å². The van der Waals surface area contributed by atoms with E-state index >= 15 is 0 Å². The van der Waals surface area contributed by atoms with Gasteiger partial charge in [-0.15, -0.1) is 0 Å². The molecule has 1 amide bonds. The summed E-state index contributed by atoms with van der Waals surface area (Å²) in [6, 6.07) is 0. The second kappa shape index (κ2) is 8.78. The SMILES string of the molecule is CCCC(=O)OCOC(=O)NCC1CCCCC1. The van der Waals surface area contributed by atoms with E-state index in [0.717, 1.165) is 6.42 Å². The number of amides is 1. The molecule has 0 aromatic carbocycles. The molecule has 104 valence electrons. The Balaban J connectivity index is 2.01. The summed E-state index contributed by atoms with van der Waals surface area (Å²) in [6.07, 6.45) is 6.71. The monoisotopic (exact) mass is 257 g/mol. The third-order valence-corrected chi connectivity index (χ3v) is 3.12. The molecule has 0 heterocycles. The van der Waals surface area contributed by atoms with Gasteiger partial charge in [0.25, 0.3) is 0 Å². The highest BCUT2D eigenvalue weighted by Gasteiger charge is 2.14. The van der Waals surface area contributed by atoms with Gasteiger partial charge in [0.05, 0.1) is 0 Å². The van der Waals surface area contributed by atoms with E-state index in [9.17, 15) is 9.59 Å². The molecule has 18 heavy (non-hydrogen) atoms. The van der Waals surface area contributed by atoms with Crippen molar-refractivity contribution in [3.63, 3.8) is 0 Å². The summed E-state index contributed by atoms with van der Waals surface area (Å²) in [7, 11) is 0. The van der Waals surface area contributed by atoms with Crippen molar-refractivity contribution >= 4 is 12.1 Å². The lowest BCUT2D eigenvalue weighted by Gasteiger charge is -2.21. The average Bonchev–Trinajstić information content (AvgIpc) is 2.38. The summed E-state index contributed by atoms with van der Waals surface area (Å²) in [5.74, 6) is 0.228. The number of rotatable bonds is 6. The summed E-state index contributed by atoms with van der Waals surface area (Å²) in [4.78, 5) is 22.3. The molecular formula is C13H23NO4. The molecule has 0 atom stereocenters. The fraction of sp³-hybridized carbons (Fsp3) is 0.846. The van der Waals surface area contributed by atoms with Crippen LogP contribution in [-0.4, -0.2) is 25.4 Å². The molecule has 0 aliphatic heterocycles. The maximum atomic E-state index is 11.3. The van der Waals surface area contributed by atoms with Gasteiger partial charge in [0.15, 0.2) is 0 Å². The van der Waals surface area contributed by atoms with E-state index in [1.165, 1.54) is 32.1 Å². The number of esters is 1. The Kier molecular flexibility index (Phi) is 7.22. The van der Waals surface area contributed by atoms with E-state index in [-0.39, 0.29) is 12.8 Å². The molecule has 1 rings (SSSR count). The standard InChI is InChI=1S/C13H23NO4/c1-2-6-12(15)17-10-18-13(16)14-9-11-7-4-3-5-8-11/h11H,2-10H2,1H3,(H,14,16). The maximum absolute atomic E-state index is 11.3. The highest BCUT2D eigenvalue weighted by Crippen LogP contribution is 2.22. The number of hydrogen-bond acceptors (Lipinski definition) is 4. The summed E-state index contributed by atoms with van der Waals surface area (Å²) >= 11 is 0. The first kappa shape index (κ1) is 14.8. The normalized spacial score (nSPS) is 16.1. The molecule has 1 fully saturated rings. The third kappa shape index (κ3) is 6.47. The lowest BCUT2D eigenvalue weighted by molar-refractivity contribution is -0.151. The van der Waals surface area contributed by atoms with E-state index in [2.05, 4.69) is 5.32 Å². The quantitative estimate of drug-likeness (QED) is 0.586. The summed E-state index contributed by atoms with van der Waals surface area (Å²) in [6.45, 7) is 2.25. The van der Waals surface area contributed by atoms with Crippen molar-refractivity contribution in [1.29, 1.82) is 0 Å². The lowest BCUT2D eigenvalue weighted by atomic mass is 9.89. The summed E-state index contributed by atoms with van der Waals surface area (Å²) < 4.78 is 9.48. The smallest absolute Gasteiger partial charge is 0.410 e. The van der Waals surface area contributed by atoms with Crippen molar-refractivity contribution in [1.82, 2.24) is 5.32 Å². The van der Waals surface area contributed by atoms with Crippen LogP contribution in [0.4, 0.5) is 4.79 Å². The average molecular weight is 257 g/mol. The fourth-order valence-corrected chi connectivity index (χ4v) is 2.09. The van der Waals surface area contributed by atoms with Crippen molar-refractivity contribution < 1.29 is 19.1 Å². The van der Waals surface area contributed by atoms with Crippen LogP contribution in [0.5, 0.6) is 0 Å². The van der Waals surface area contributed by atoms with E-state index in [0.29, 0.717) is 18.9 Å². The van der Waals surface area contributed by atoms with Gasteiger partial charge in [-0.3, -0.25) is 4.79 Å². The Morgan fingerprint density at radius 3 is 2.56 bits per heavy atom. The molecule has 1 aliphatic rings.